The van der Waals surface area contributed by atoms with Crippen LogP contribution < -0.4 is 5.32 Å². The summed E-state index contributed by atoms with van der Waals surface area (Å²) in [5.41, 5.74) is 0. The Bertz CT molecular complexity index is 152. The lowest BCUT2D eigenvalue weighted by Crippen LogP contribution is -2.42. The van der Waals surface area contributed by atoms with Crippen LogP contribution in [0.5, 0.6) is 0 Å². The third-order valence-corrected chi connectivity index (χ3v) is 3.02. The second kappa shape index (κ2) is 6.38. The van der Waals surface area contributed by atoms with Crippen molar-refractivity contribution in [2.24, 2.45) is 0 Å². The highest BCUT2D eigenvalue weighted by Crippen LogP contribution is 2.21. The molecule has 0 aliphatic heterocycles. The molecule has 1 rings (SSSR count). The van der Waals surface area contributed by atoms with Gasteiger partial charge in [-0.3, -0.25) is 0 Å². The minimum absolute atomic E-state index is 0.203. The van der Waals surface area contributed by atoms with Gasteiger partial charge in [0.25, 0.3) is 0 Å². The van der Waals surface area contributed by atoms with E-state index in [0.717, 1.165) is 0 Å². The Hall–Kier alpha value is -0.120. The van der Waals surface area contributed by atoms with E-state index in [1.54, 1.807) is 7.11 Å². The molecule has 0 aromatic carbocycles. The number of likely N-dealkylation sites (N-methyl/N-ethyl adjacent to an activating group) is 1. The van der Waals surface area contributed by atoms with Crippen LogP contribution in [-0.2, 0) is 9.47 Å². The summed E-state index contributed by atoms with van der Waals surface area (Å²) in [5, 5.41) is 3.33. The lowest BCUT2D eigenvalue weighted by molar-refractivity contribution is -0.0439. The molecule has 3 unspecified atom stereocenters. The molecule has 14 heavy (non-hydrogen) atoms. The van der Waals surface area contributed by atoms with Gasteiger partial charge in [0.2, 0.25) is 0 Å². The maximum Gasteiger partial charge on any atom is 0.0776 e. The molecule has 3 heteroatoms. The molecule has 1 aliphatic carbocycles. The Morgan fingerprint density at radius 1 is 1.36 bits per heavy atom. The molecule has 3 atom stereocenters. The normalized spacial score (nSPS) is 30.2. The van der Waals surface area contributed by atoms with Gasteiger partial charge in [-0.15, -0.1) is 0 Å². The molecule has 84 valence electrons. The van der Waals surface area contributed by atoms with E-state index in [1.807, 2.05) is 14.0 Å². The molecule has 3 nitrogen and oxygen atoms in total. The van der Waals surface area contributed by atoms with Crippen molar-refractivity contribution in [3.05, 3.63) is 0 Å². The van der Waals surface area contributed by atoms with Gasteiger partial charge in [-0.2, -0.15) is 0 Å². The number of methoxy groups -OCH3 is 1. The summed E-state index contributed by atoms with van der Waals surface area (Å²) in [5.74, 6) is 0. The third kappa shape index (κ3) is 3.56. The summed E-state index contributed by atoms with van der Waals surface area (Å²) in [6.45, 7) is 2.75. The first-order valence-corrected chi connectivity index (χ1v) is 5.59. The second-order valence-corrected chi connectivity index (χ2v) is 4.10. The van der Waals surface area contributed by atoms with Crippen molar-refractivity contribution in [3.63, 3.8) is 0 Å². The Kier molecular flexibility index (Phi) is 5.45. The summed E-state index contributed by atoms with van der Waals surface area (Å²) in [6, 6.07) is 0.535. The minimum atomic E-state index is 0.203. The first kappa shape index (κ1) is 12.0. The van der Waals surface area contributed by atoms with Crippen LogP contribution in [0.4, 0.5) is 0 Å². The van der Waals surface area contributed by atoms with Crippen molar-refractivity contribution in [2.45, 2.75) is 50.9 Å². The SMILES string of the molecule is CNC1CCCCC1OCC(C)OC. The van der Waals surface area contributed by atoms with Crippen LogP contribution in [0, 0.1) is 0 Å². The standard InChI is InChI=1S/C11H23NO2/c1-9(13-3)8-14-11-7-5-4-6-10(11)12-2/h9-12H,4-8H2,1-3H3. The van der Waals surface area contributed by atoms with E-state index in [4.69, 9.17) is 9.47 Å². The van der Waals surface area contributed by atoms with Crippen LogP contribution in [0.2, 0.25) is 0 Å². The highest BCUT2D eigenvalue weighted by Gasteiger charge is 2.24. The van der Waals surface area contributed by atoms with Gasteiger partial charge in [-0.05, 0) is 26.8 Å². The van der Waals surface area contributed by atoms with E-state index in [9.17, 15) is 0 Å². The average Bonchev–Trinajstić information content (AvgIpc) is 2.26. The van der Waals surface area contributed by atoms with Gasteiger partial charge in [0.1, 0.15) is 0 Å². The maximum absolute atomic E-state index is 5.85. The third-order valence-electron chi connectivity index (χ3n) is 3.02. The smallest absolute Gasteiger partial charge is 0.0776 e. The summed E-state index contributed by atoms with van der Waals surface area (Å²) >= 11 is 0. The van der Waals surface area contributed by atoms with Gasteiger partial charge in [0.05, 0.1) is 18.8 Å². The van der Waals surface area contributed by atoms with Crippen LogP contribution in [0.3, 0.4) is 0 Å². The van der Waals surface area contributed by atoms with Gasteiger partial charge in [0, 0.05) is 13.2 Å². The average molecular weight is 201 g/mol. The predicted octanol–water partition coefficient (Wildman–Crippen LogP) is 1.57. The number of nitrogens with one attached hydrogen (secondary N) is 1. The first-order chi connectivity index (χ1) is 6.77. The lowest BCUT2D eigenvalue weighted by atomic mass is 9.92. The van der Waals surface area contributed by atoms with E-state index in [-0.39, 0.29) is 6.10 Å². The molecular weight excluding hydrogens is 178 g/mol. The summed E-state index contributed by atoms with van der Waals surface area (Å²) in [4.78, 5) is 0. The largest absolute Gasteiger partial charge is 0.379 e. The summed E-state index contributed by atoms with van der Waals surface area (Å²) < 4.78 is 11.0. The van der Waals surface area contributed by atoms with Gasteiger partial charge >= 0.3 is 0 Å². The first-order valence-electron chi connectivity index (χ1n) is 5.59. The highest BCUT2D eigenvalue weighted by molar-refractivity contribution is 4.80. The molecule has 1 fully saturated rings. The summed E-state index contributed by atoms with van der Waals surface area (Å²) in [6.07, 6.45) is 5.63. The van der Waals surface area contributed by atoms with Gasteiger partial charge < -0.3 is 14.8 Å². The topological polar surface area (TPSA) is 30.5 Å². The maximum atomic E-state index is 5.85. The number of ether oxygens (including phenoxy) is 2. The molecule has 1 N–H and O–H groups in total. The Morgan fingerprint density at radius 2 is 2.07 bits per heavy atom. The van der Waals surface area contributed by atoms with Crippen molar-refractivity contribution >= 4 is 0 Å². The molecule has 0 bridgehead atoms. The molecule has 0 amide bonds. The molecule has 0 aromatic heterocycles. The molecule has 0 saturated heterocycles. The van der Waals surface area contributed by atoms with Crippen molar-refractivity contribution in [3.8, 4) is 0 Å². The Labute approximate surface area is 87.2 Å². The zero-order chi connectivity index (χ0) is 10.4. The van der Waals surface area contributed by atoms with Gasteiger partial charge in [0.15, 0.2) is 0 Å². The number of hydrogen-bond donors (Lipinski definition) is 1. The zero-order valence-electron chi connectivity index (χ0n) is 9.58. The molecular formula is C11H23NO2. The molecule has 1 aliphatic rings. The molecule has 1 saturated carbocycles. The fourth-order valence-electron chi connectivity index (χ4n) is 1.95. The van der Waals surface area contributed by atoms with Crippen molar-refractivity contribution in [1.29, 1.82) is 0 Å². The van der Waals surface area contributed by atoms with Gasteiger partial charge in [-0.1, -0.05) is 12.8 Å². The van der Waals surface area contributed by atoms with E-state index in [2.05, 4.69) is 5.32 Å². The fraction of sp³-hybridized carbons (Fsp3) is 1.00. The van der Waals surface area contributed by atoms with Crippen LogP contribution in [-0.4, -0.2) is 39.0 Å². The fourth-order valence-corrected chi connectivity index (χ4v) is 1.95. The predicted molar refractivity (Wildman–Crippen MR) is 57.5 cm³/mol. The quantitative estimate of drug-likeness (QED) is 0.732. The van der Waals surface area contributed by atoms with E-state index in [0.29, 0.717) is 18.8 Å². The van der Waals surface area contributed by atoms with Crippen molar-refractivity contribution in [2.75, 3.05) is 20.8 Å². The second-order valence-electron chi connectivity index (χ2n) is 4.10. The monoisotopic (exact) mass is 201 g/mol. The Morgan fingerprint density at radius 3 is 2.71 bits per heavy atom. The molecule has 0 aromatic rings. The number of hydrogen-bond acceptors (Lipinski definition) is 3. The Balaban J connectivity index is 2.26. The van der Waals surface area contributed by atoms with Crippen LogP contribution >= 0.6 is 0 Å². The van der Waals surface area contributed by atoms with Crippen LogP contribution in [0.25, 0.3) is 0 Å². The molecule has 0 spiro atoms. The molecule has 0 heterocycles. The lowest BCUT2D eigenvalue weighted by Gasteiger charge is -2.31. The number of rotatable bonds is 5. The van der Waals surface area contributed by atoms with Crippen LogP contribution in [0.15, 0.2) is 0 Å². The summed E-state index contributed by atoms with van der Waals surface area (Å²) in [7, 11) is 3.75. The van der Waals surface area contributed by atoms with E-state index in [1.165, 1.54) is 25.7 Å². The van der Waals surface area contributed by atoms with E-state index < -0.39 is 0 Å². The molecule has 0 radical (unpaired) electrons. The van der Waals surface area contributed by atoms with E-state index >= 15 is 0 Å². The highest BCUT2D eigenvalue weighted by atomic mass is 16.5. The van der Waals surface area contributed by atoms with Crippen molar-refractivity contribution < 1.29 is 9.47 Å². The van der Waals surface area contributed by atoms with Crippen molar-refractivity contribution in [1.82, 2.24) is 5.32 Å². The van der Waals surface area contributed by atoms with Crippen LogP contribution in [0.1, 0.15) is 32.6 Å². The zero-order valence-corrected chi connectivity index (χ0v) is 9.58. The minimum Gasteiger partial charge on any atom is -0.379 e. The van der Waals surface area contributed by atoms with Gasteiger partial charge in [-0.25, -0.2) is 0 Å².